The Balaban J connectivity index is 1.50. The summed E-state index contributed by atoms with van der Waals surface area (Å²) in [4.78, 5) is 60.9. The van der Waals surface area contributed by atoms with Crippen LogP contribution in [0.5, 0.6) is 5.75 Å². The van der Waals surface area contributed by atoms with Gasteiger partial charge in [0.1, 0.15) is 23.5 Å². The van der Waals surface area contributed by atoms with Crippen LogP contribution in [0.25, 0.3) is 0 Å². The molecule has 11 nitrogen and oxygen atoms in total. The minimum absolute atomic E-state index is 0.0958. The van der Waals surface area contributed by atoms with Gasteiger partial charge in [-0.25, -0.2) is 0 Å². The van der Waals surface area contributed by atoms with Crippen LogP contribution in [0.2, 0.25) is 0 Å². The lowest BCUT2D eigenvalue weighted by Gasteiger charge is -2.37. The number of allylic oxidation sites excluding steroid dienone is 1. The molecule has 1 unspecified atom stereocenters. The summed E-state index contributed by atoms with van der Waals surface area (Å²) < 4.78 is 18.3. The van der Waals surface area contributed by atoms with Crippen LogP contribution in [-0.4, -0.2) is 101 Å². The van der Waals surface area contributed by atoms with Gasteiger partial charge in [0.2, 0.25) is 11.8 Å². The third-order valence-electron chi connectivity index (χ3n) is 10.2. The number of carbonyl (C=O) groups excluding carboxylic acids is 4. The van der Waals surface area contributed by atoms with E-state index in [1.165, 1.54) is 4.90 Å². The molecule has 3 saturated heterocycles. The highest BCUT2D eigenvalue weighted by Crippen LogP contribution is 2.60. The SMILES string of the molecule is C=CCCC(=O)N(C)[C@@H](C)[C@@H](OC(=O)[C@H]1[C@@H]2O[C@@]3(CC2Br)[C@@H]1C(=O)N(CCCO)[C@@H]3C(=O)N(CC=C)c1ccc(OC)cc1)c1ccccc1. The van der Waals surface area contributed by atoms with E-state index in [1.807, 2.05) is 37.3 Å². The quantitative estimate of drug-likeness (QED) is 0.152. The summed E-state index contributed by atoms with van der Waals surface area (Å²) in [6.07, 6.45) is 3.03. The van der Waals surface area contributed by atoms with E-state index < -0.39 is 53.6 Å². The van der Waals surface area contributed by atoms with Gasteiger partial charge in [-0.1, -0.05) is 58.4 Å². The molecule has 3 heterocycles. The summed E-state index contributed by atoms with van der Waals surface area (Å²) >= 11 is 3.72. The first-order valence-corrected chi connectivity index (χ1v) is 17.9. The Kier molecular flexibility index (Phi) is 11.9. The first kappa shape index (κ1) is 37.3. The summed E-state index contributed by atoms with van der Waals surface area (Å²) in [7, 11) is 3.23. The number of likely N-dealkylation sites (tertiary alicyclic amines) is 1. The maximum atomic E-state index is 14.7. The van der Waals surface area contributed by atoms with Crippen LogP contribution in [0.3, 0.4) is 0 Å². The van der Waals surface area contributed by atoms with Gasteiger partial charge in [0.15, 0.2) is 0 Å². The molecule has 8 atom stereocenters. The van der Waals surface area contributed by atoms with E-state index in [9.17, 15) is 24.3 Å². The van der Waals surface area contributed by atoms with Crippen LogP contribution in [-0.2, 0) is 28.7 Å². The van der Waals surface area contributed by atoms with Gasteiger partial charge < -0.3 is 34.0 Å². The number of nitrogens with zero attached hydrogens (tertiary/aromatic N) is 3. The monoisotopic (exact) mass is 751 g/mol. The van der Waals surface area contributed by atoms with Gasteiger partial charge >= 0.3 is 5.97 Å². The number of likely N-dealkylation sites (N-methyl/N-ethyl adjacent to an activating group) is 1. The van der Waals surface area contributed by atoms with Crippen molar-refractivity contribution >= 4 is 45.3 Å². The van der Waals surface area contributed by atoms with Crippen LogP contribution in [0.1, 0.15) is 44.3 Å². The van der Waals surface area contributed by atoms with Gasteiger partial charge in [0.05, 0.1) is 31.1 Å². The minimum atomic E-state index is -1.33. The van der Waals surface area contributed by atoms with Gasteiger partial charge in [0, 0.05) is 43.7 Å². The predicted octanol–water partition coefficient (Wildman–Crippen LogP) is 4.44. The van der Waals surface area contributed by atoms with E-state index in [2.05, 4.69) is 29.1 Å². The molecule has 0 aromatic heterocycles. The summed E-state index contributed by atoms with van der Waals surface area (Å²) in [5.74, 6) is -2.93. The van der Waals surface area contributed by atoms with E-state index in [4.69, 9.17) is 14.2 Å². The van der Waals surface area contributed by atoms with Crippen molar-refractivity contribution in [3.05, 3.63) is 85.5 Å². The number of hydrogen-bond acceptors (Lipinski definition) is 8. The second kappa shape index (κ2) is 15.9. The van der Waals surface area contributed by atoms with E-state index in [1.54, 1.807) is 60.4 Å². The fourth-order valence-electron chi connectivity index (χ4n) is 7.64. The molecule has 0 radical (unpaired) electrons. The number of hydrogen-bond donors (Lipinski definition) is 1. The van der Waals surface area contributed by atoms with Crippen LogP contribution >= 0.6 is 15.9 Å². The third-order valence-corrected chi connectivity index (χ3v) is 11.0. The Morgan fingerprint density at radius 3 is 2.46 bits per heavy atom. The lowest BCUT2D eigenvalue weighted by molar-refractivity contribution is -0.164. The Bertz CT molecular complexity index is 1570. The van der Waals surface area contributed by atoms with Gasteiger partial charge in [-0.3, -0.25) is 19.2 Å². The standard InChI is InChI=1S/C38H46BrN3O8/c1-6-8-15-29(44)40(4)24(3)32(25-13-10-9-11-14-25)49-37(47)30-31-35(45)42(21-12-22-43)34(38(31)23-28(39)33(30)50-38)36(46)41(20-7-2)26-16-18-27(48-5)19-17-26/h6-7,9-11,13-14,16-19,24,28,30-34,43H,1-2,8,12,15,20-23H2,3-5H3/t24-,28?,30+,31-,32+,33+,34+,38-/m0/s1. The van der Waals surface area contributed by atoms with Gasteiger partial charge in [-0.2, -0.15) is 0 Å². The van der Waals surface area contributed by atoms with Crippen molar-refractivity contribution in [2.75, 3.05) is 38.8 Å². The number of methoxy groups -OCH3 is 1. The van der Waals surface area contributed by atoms with Crippen LogP contribution in [0.4, 0.5) is 5.69 Å². The van der Waals surface area contributed by atoms with Crippen molar-refractivity contribution in [1.29, 1.82) is 0 Å². The Morgan fingerprint density at radius 2 is 1.84 bits per heavy atom. The first-order valence-electron chi connectivity index (χ1n) is 17.0. The number of aliphatic hydroxyl groups excluding tert-OH is 1. The van der Waals surface area contributed by atoms with Crippen LogP contribution in [0, 0.1) is 11.8 Å². The highest BCUT2D eigenvalue weighted by molar-refractivity contribution is 9.09. The number of carbonyl (C=O) groups is 4. The zero-order valence-electron chi connectivity index (χ0n) is 28.8. The van der Waals surface area contributed by atoms with Crippen molar-refractivity contribution in [3.8, 4) is 5.75 Å². The highest BCUT2D eigenvalue weighted by atomic mass is 79.9. The zero-order chi connectivity index (χ0) is 36.2. The Labute approximate surface area is 302 Å². The van der Waals surface area contributed by atoms with Crippen molar-refractivity contribution in [3.63, 3.8) is 0 Å². The molecule has 3 amide bonds. The number of rotatable bonds is 16. The molecule has 0 aliphatic carbocycles. The molecular formula is C38H46BrN3O8. The second-order valence-corrected chi connectivity index (χ2v) is 14.2. The average Bonchev–Trinajstić information content (AvgIpc) is 3.73. The van der Waals surface area contributed by atoms with Crippen molar-refractivity contribution in [1.82, 2.24) is 9.80 Å². The molecular weight excluding hydrogens is 706 g/mol. The summed E-state index contributed by atoms with van der Waals surface area (Å²) in [6, 6.07) is 14.6. The molecule has 3 aliphatic rings. The molecule has 3 fully saturated rings. The number of benzene rings is 2. The number of halogens is 1. The fraction of sp³-hybridized carbons (Fsp3) is 0.474. The molecule has 268 valence electrons. The predicted molar refractivity (Wildman–Crippen MR) is 192 cm³/mol. The maximum absolute atomic E-state index is 14.7. The number of aliphatic hydroxyl groups is 1. The van der Waals surface area contributed by atoms with Crippen molar-refractivity contribution in [2.45, 2.75) is 67.3 Å². The average molecular weight is 753 g/mol. The topological polar surface area (TPSA) is 126 Å². The van der Waals surface area contributed by atoms with Gasteiger partial charge in [0.25, 0.3) is 5.91 Å². The zero-order valence-corrected chi connectivity index (χ0v) is 30.4. The van der Waals surface area contributed by atoms with Crippen LogP contribution < -0.4 is 9.64 Å². The summed E-state index contributed by atoms with van der Waals surface area (Å²) in [6.45, 7) is 9.45. The molecule has 0 saturated carbocycles. The summed E-state index contributed by atoms with van der Waals surface area (Å²) in [5.41, 5.74) is -0.0557. The first-order chi connectivity index (χ1) is 24.0. The molecule has 2 aromatic rings. The molecule has 2 aromatic carbocycles. The number of alkyl halides is 1. The van der Waals surface area contributed by atoms with E-state index in [-0.39, 0.29) is 49.2 Å². The highest BCUT2D eigenvalue weighted by Gasteiger charge is 2.77. The molecule has 12 heteroatoms. The Morgan fingerprint density at radius 1 is 1.14 bits per heavy atom. The maximum Gasteiger partial charge on any atom is 0.313 e. The smallest absolute Gasteiger partial charge is 0.313 e. The number of amides is 3. The van der Waals surface area contributed by atoms with E-state index >= 15 is 0 Å². The Hall–Kier alpha value is -4.00. The lowest BCUT2D eigenvalue weighted by Crippen LogP contribution is -2.57. The largest absolute Gasteiger partial charge is 0.497 e. The molecule has 2 bridgehead atoms. The number of anilines is 1. The minimum Gasteiger partial charge on any atom is -0.497 e. The van der Waals surface area contributed by atoms with Gasteiger partial charge in [-0.15, -0.1) is 13.2 Å². The molecule has 5 rings (SSSR count). The number of fused-ring (bicyclic) bond motifs is 1. The second-order valence-electron chi connectivity index (χ2n) is 13.0. The molecule has 3 aliphatic heterocycles. The van der Waals surface area contributed by atoms with E-state index in [0.717, 1.165) is 0 Å². The number of esters is 1. The third kappa shape index (κ3) is 6.85. The summed E-state index contributed by atoms with van der Waals surface area (Å²) in [5, 5.41) is 9.76. The van der Waals surface area contributed by atoms with Crippen molar-refractivity contribution < 1.29 is 38.5 Å². The number of ether oxygens (including phenoxy) is 3. The normalized spacial score (nSPS) is 26.1. The molecule has 1 spiro atoms. The van der Waals surface area contributed by atoms with Gasteiger partial charge in [-0.05, 0) is 56.0 Å². The fourth-order valence-corrected chi connectivity index (χ4v) is 8.59. The molecule has 1 N–H and O–H groups in total. The lowest BCUT2D eigenvalue weighted by atomic mass is 9.70. The van der Waals surface area contributed by atoms with E-state index in [0.29, 0.717) is 29.8 Å². The van der Waals surface area contributed by atoms with Crippen molar-refractivity contribution in [2.24, 2.45) is 11.8 Å². The molecule has 50 heavy (non-hydrogen) atoms. The van der Waals surface area contributed by atoms with Crippen LogP contribution in [0.15, 0.2) is 79.9 Å².